The average molecular weight is 309 g/mol. The summed E-state index contributed by atoms with van der Waals surface area (Å²) in [7, 11) is 0. The molecular formula is C8H11Br2N3. The molecule has 13 heavy (non-hydrogen) atoms. The van der Waals surface area contributed by atoms with Gasteiger partial charge in [0.1, 0.15) is 4.60 Å². The molecule has 0 aromatic carbocycles. The molecule has 0 spiro atoms. The van der Waals surface area contributed by atoms with Crippen molar-refractivity contribution in [2.45, 2.75) is 38.1 Å². The van der Waals surface area contributed by atoms with Crippen LogP contribution in [0.4, 0.5) is 0 Å². The maximum absolute atomic E-state index is 4.11. The largest absolute Gasteiger partial charge is 0.234 e. The van der Waals surface area contributed by atoms with Crippen molar-refractivity contribution in [2.24, 2.45) is 0 Å². The van der Waals surface area contributed by atoms with E-state index in [2.05, 4.69) is 42.2 Å². The van der Waals surface area contributed by atoms with Crippen LogP contribution in [0.3, 0.4) is 0 Å². The summed E-state index contributed by atoms with van der Waals surface area (Å²) in [6.45, 7) is 0. The van der Waals surface area contributed by atoms with Gasteiger partial charge in [-0.1, -0.05) is 24.5 Å². The highest BCUT2D eigenvalue weighted by molar-refractivity contribution is 9.13. The van der Waals surface area contributed by atoms with Crippen LogP contribution < -0.4 is 0 Å². The molecular weight excluding hydrogens is 298 g/mol. The van der Waals surface area contributed by atoms with Crippen molar-refractivity contribution >= 4 is 31.9 Å². The van der Waals surface area contributed by atoms with Gasteiger partial charge in [-0.15, -0.1) is 5.10 Å². The van der Waals surface area contributed by atoms with Crippen LogP contribution in [-0.2, 0) is 0 Å². The molecule has 3 nitrogen and oxygen atoms in total. The smallest absolute Gasteiger partial charge is 0.162 e. The zero-order valence-corrected chi connectivity index (χ0v) is 10.4. The van der Waals surface area contributed by atoms with E-state index in [0.29, 0.717) is 6.04 Å². The van der Waals surface area contributed by atoms with Gasteiger partial charge < -0.3 is 0 Å². The number of nitrogens with zero attached hydrogens (tertiary/aromatic N) is 3. The maximum Gasteiger partial charge on any atom is 0.162 e. The second-order valence-electron chi connectivity index (χ2n) is 3.41. The van der Waals surface area contributed by atoms with Crippen LogP contribution in [0.1, 0.15) is 38.1 Å². The topological polar surface area (TPSA) is 30.7 Å². The molecule has 5 heteroatoms. The van der Waals surface area contributed by atoms with Crippen molar-refractivity contribution in [1.29, 1.82) is 0 Å². The quantitative estimate of drug-likeness (QED) is 0.797. The Morgan fingerprint density at radius 2 is 1.85 bits per heavy atom. The molecule has 0 amide bonds. The summed E-state index contributed by atoms with van der Waals surface area (Å²) in [4.78, 5) is 0. The monoisotopic (exact) mass is 307 g/mol. The van der Waals surface area contributed by atoms with Crippen LogP contribution in [0.25, 0.3) is 0 Å². The molecule has 1 fully saturated rings. The van der Waals surface area contributed by atoms with E-state index in [0.717, 1.165) is 9.21 Å². The van der Waals surface area contributed by atoms with Gasteiger partial charge in [-0.25, -0.2) is 4.68 Å². The van der Waals surface area contributed by atoms with Crippen LogP contribution >= 0.6 is 31.9 Å². The van der Waals surface area contributed by atoms with Crippen LogP contribution in [0, 0.1) is 0 Å². The third-order valence-corrected chi connectivity index (χ3v) is 4.33. The van der Waals surface area contributed by atoms with Crippen molar-refractivity contribution in [3.63, 3.8) is 0 Å². The lowest BCUT2D eigenvalue weighted by molar-refractivity contribution is 0.320. The van der Waals surface area contributed by atoms with Gasteiger partial charge in [0.2, 0.25) is 0 Å². The SMILES string of the molecule is Brc1nnn(C2CCCCC2)c1Br. The Morgan fingerprint density at radius 1 is 1.15 bits per heavy atom. The van der Waals surface area contributed by atoms with Crippen molar-refractivity contribution in [2.75, 3.05) is 0 Å². The molecule has 1 aliphatic carbocycles. The molecule has 0 bridgehead atoms. The minimum Gasteiger partial charge on any atom is -0.234 e. The molecule has 0 aliphatic heterocycles. The summed E-state index contributed by atoms with van der Waals surface area (Å²) in [5.41, 5.74) is 0. The molecule has 0 radical (unpaired) electrons. The van der Waals surface area contributed by atoms with E-state index in [1.807, 2.05) is 4.68 Å². The van der Waals surface area contributed by atoms with Gasteiger partial charge in [0.15, 0.2) is 4.60 Å². The zero-order chi connectivity index (χ0) is 9.26. The van der Waals surface area contributed by atoms with Gasteiger partial charge >= 0.3 is 0 Å². The van der Waals surface area contributed by atoms with E-state index in [-0.39, 0.29) is 0 Å². The third kappa shape index (κ3) is 1.96. The van der Waals surface area contributed by atoms with Crippen LogP contribution in [0.5, 0.6) is 0 Å². The van der Waals surface area contributed by atoms with Crippen molar-refractivity contribution < 1.29 is 0 Å². The van der Waals surface area contributed by atoms with Crippen LogP contribution in [0.15, 0.2) is 9.21 Å². The number of halogens is 2. The summed E-state index contributed by atoms with van der Waals surface area (Å²) in [6.07, 6.45) is 6.45. The van der Waals surface area contributed by atoms with Gasteiger partial charge in [0.25, 0.3) is 0 Å². The molecule has 1 aromatic heterocycles. The Bertz CT molecular complexity index is 292. The van der Waals surface area contributed by atoms with Gasteiger partial charge in [-0.05, 0) is 44.7 Å². The standard InChI is InChI=1S/C8H11Br2N3/c9-7-8(10)13(12-11-7)6-4-2-1-3-5-6/h6H,1-5H2. The molecule has 0 saturated heterocycles. The molecule has 1 aliphatic rings. The Labute approximate surface area is 94.1 Å². The van der Waals surface area contributed by atoms with E-state index < -0.39 is 0 Å². The highest BCUT2D eigenvalue weighted by Gasteiger charge is 2.19. The van der Waals surface area contributed by atoms with E-state index >= 15 is 0 Å². The lowest BCUT2D eigenvalue weighted by atomic mass is 9.96. The Kier molecular flexibility index (Phi) is 3.03. The Balaban J connectivity index is 2.18. The second kappa shape index (κ2) is 4.09. The van der Waals surface area contributed by atoms with Crippen molar-refractivity contribution in [1.82, 2.24) is 15.0 Å². The van der Waals surface area contributed by atoms with Gasteiger partial charge in [0, 0.05) is 0 Å². The lowest BCUT2D eigenvalue weighted by Gasteiger charge is -2.21. The fourth-order valence-electron chi connectivity index (χ4n) is 1.82. The first-order valence-corrected chi connectivity index (χ1v) is 6.14. The summed E-state index contributed by atoms with van der Waals surface area (Å²) in [6, 6.07) is 0.543. The van der Waals surface area contributed by atoms with E-state index in [1.165, 1.54) is 32.1 Å². The fourth-order valence-corrected chi connectivity index (χ4v) is 2.51. The molecule has 0 atom stereocenters. The minimum absolute atomic E-state index is 0.543. The molecule has 2 rings (SSSR count). The number of hydrogen-bond acceptors (Lipinski definition) is 2. The van der Waals surface area contributed by atoms with Gasteiger partial charge in [0.05, 0.1) is 6.04 Å². The summed E-state index contributed by atoms with van der Waals surface area (Å²) in [5, 5.41) is 8.09. The van der Waals surface area contributed by atoms with Crippen molar-refractivity contribution in [3.05, 3.63) is 9.21 Å². The third-order valence-electron chi connectivity index (χ3n) is 2.52. The number of rotatable bonds is 1. The second-order valence-corrected chi connectivity index (χ2v) is 4.91. The first-order valence-electron chi connectivity index (χ1n) is 4.55. The Hall–Kier alpha value is 0.1000. The van der Waals surface area contributed by atoms with Crippen molar-refractivity contribution in [3.8, 4) is 0 Å². The maximum atomic E-state index is 4.11. The summed E-state index contributed by atoms with van der Waals surface area (Å²) in [5.74, 6) is 0. The molecule has 1 aromatic rings. The van der Waals surface area contributed by atoms with Crippen LogP contribution in [0.2, 0.25) is 0 Å². The summed E-state index contributed by atoms with van der Waals surface area (Å²) >= 11 is 6.82. The molecule has 72 valence electrons. The number of hydrogen-bond donors (Lipinski definition) is 0. The lowest BCUT2D eigenvalue weighted by Crippen LogP contribution is -2.14. The van der Waals surface area contributed by atoms with Gasteiger partial charge in [-0.3, -0.25) is 0 Å². The minimum atomic E-state index is 0.543. The first-order chi connectivity index (χ1) is 6.29. The highest BCUT2D eigenvalue weighted by Crippen LogP contribution is 2.31. The van der Waals surface area contributed by atoms with E-state index in [1.54, 1.807) is 0 Å². The first kappa shape index (κ1) is 9.65. The fraction of sp³-hybridized carbons (Fsp3) is 0.750. The summed E-state index contributed by atoms with van der Waals surface area (Å²) < 4.78 is 3.76. The Morgan fingerprint density at radius 3 is 2.38 bits per heavy atom. The zero-order valence-electron chi connectivity index (χ0n) is 7.21. The normalized spacial score (nSPS) is 19.2. The molecule has 0 N–H and O–H groups in total. The molecule has 0 unspecified atom stereocenters. The predicted octanol–water partition coefficient (Wildman–Crippen LogP) is 3.31. The predicted molar refractivity (Wildman–Crippen MR) is 57.5 cm³/mol. The van der Waals surface area contributed by atoms with Crippen LogP contribution in [-0.4, -0.2) is 15.0 Å². The average Bonchev–Trinajstić information content (AvgIpc) is 2.49. The molecule has 1 saturated carbocycles. The highest BCUT2D eigenvalue weighted by atomic mass is 79.9. The van der Waals surface area contributed by atoms with E-state index in [9.17, 15) is 0 Å². The van der Waals surface area contributed by atoms with E-state index in [4.69, 9.17) is 0 Å². The van der Waals surface area contributed by atoms with Gasteiger partial charge in [-0.2, -0.15) is 0 Å². The number of aromatic nitrogens is 3. The molecule has 1 heterocycles.